The molecule has 212 valence electrons. The molecule has 9 nitrogen and oxygen atoms in total. The lowest BCUT2D eigenvalue weighted by Crippen LogP contribution is -2.27. The van der Waals surface area contributed by atoms with Crippen molar-refractivity contribution in [2.75, 3.05) is 18.5 Å². The predicted octanol–water partition coefficient (Wildman–Crippen LogP) is 5.70. The predicted molar refractivity (Wildman–Crippen MR) is 161 cm³/mol. The molecule has 0 atom stereocenters. The fourth-order valence-corrected chi connectivity index (χ4v) is 5.63. The summed E-state index contributed by atoms with van der Waals surface area (Å²) < 4.78 is 11.8. The standard InChI is InChI=1S/C32H27N3O6S/c1-4-40-31(38)27-26(21-16-14-19(2)15-17-21)20(3)42-29(27)33-25(36)18-41-32(39)28-23-12-8-9-13-24(23)30(37)35(34-28)22-10-6-5-7-11-22/h5-17H,4,18H2,1-3H3,(H,33,36). The first-order chi connectivity index (χ1) is 20.3. The number of amides is 1. The first kappa shape index (κ1) is 28.4. The molecule has 3 aromatic carbocycles. The first-order valence-corrected chi connectivity index (χ1v) is 14.0. The van der Waals surface area contributed by atoms with Crippen molar-refractivity contribution in [1.82, 2.24) is 9.78 Å². The fourth-order valence-electron chi connectivity index (χ4n) is 4.55. The van der Waals surface area contributed by atoms with Crippen LogP contribution in [0.3, 0.4) is 0 Å². The van der Waals surface area contributed by atoms with Crippen molar-refractivity contribution in [3.63, 3.8) is 0 Å². The van der Waals surface area contributed by atoms with Crippen molar-refractivity contribution in [1.29, 1.82) is 0 Å². The van der Waals surface area contributed by atoms with E-state index < -0.39 is 30.0 Å². The van der Waals surface area contributed by atoms with Gasteiger partial charge < -0.3 is 14.8 Å². The average Bonchev–Trinajstić information content (AvgIpc) is 3.32. The van der Waals surface area contributed by atoms with Crippen LogP contribution in [0.2, 0.25) is 0 Å². The van der Waals surface area contributed by atoms with E-state index in [1.54, 1.807) is 61.5 Å². The zero-order chi connectivity index (χ0) is 29.8. The van der Waals surface area contributed by atoms with Crippen LogP contribution in [0.4, 0.5) is 5.00 Å². The Morgan fingerprint density at radius 3 is 2.21 bits per heavy atom. The molecule has 0 aliphatic carbocycles. The van der Waals surface area contributed by atoms with Gasteiger partial charge in [0.25, 0.3) is 11.5 Å². The molecule has 1 amide bonds. The van der Waals surface area contributed by atoms with Crippen LogP contribution in [-0.4, -0.2) is 40.8 Å². The number of nitrogens with one attached hydrogen (secondary N) is 1. The highest BCUT2D eigenvalue weighted by Gasteiger charge is 2.26. The second kappa shape index (κ2) is 12.2. The summed E-state index contributed by atoms with van der Waals surface area (Å²) in [5.41, 5.74) is 2.77. The van der Waals surface area contributed by atoms with Crippen LogP contribution >= 0.6 is 11.3 Å². The van der Waals surface area contributed by atoms with Gasteiger partial charge in [-0.15, -0.1) is 11.3 Å². The van der Waals surface area contributed by atoms with E-state index >= 15 is 0 Å². The van der Waals surface area contributed by atoms with E-state index in [2.05, 4.69) is 10.4 Å². The van der Waals surface area contributed by atoms with Crippen molar-refractivity contribution in [2.45, 2.75) is 20.8 Å². The van der Waals surface area contributed by atoms with E-state index in [4.69, 9.17) is 9.47 Å². The Kier molecular flexibility index (Phi) is 8.26. The maximum atomic E-state index is 13.2. The van der Waals surface area contributed by atoms with Crippen molar-refractivity contribution in [3.05, 3.63) is 111 Å². The maximum Gasteiger partial charge on any atom is 0.359 e. The van der Waals surface area contributed by atoms with Gasteiger partial charge in [0.15, 0.2) is 12.3 Å². The Morgan fingerprint density at radius 2 is 1.52 bits per heavy atom. The fraction of sp³-hybridized carbons (Fsp3) is 0.156. The monoisotopic (exact) mass is 581 g/mol. The summed E-state index contributed by atoms with van der Waals surface area (Å²) in [5, 5.41) is 7.88. The number of carbonyl (C=O) groups is 3. The number of ether oxygens (including phenoxy) is 2. The average molecular weight is 582 g/mol. The van der Waals surface area contributed by atoms with Crippen LogP contribution in [0.5, 0.6) is 0 Å². The Labute approximate surface area is 245 Å². The molecular weight excluding hydrogens is 554 g/mol. The van der Waals surface area contributed by atoms with Crippen molar-refractivity contribution < 1.29 is 23.9 Å². The lowest BCUT2D eigenvalue weighted by Gasteiger charge is -2.11. The van der Waals surface area contributed by atoms with E-state index in [1.807, 2.05) is 38.1 Å². The van der Waals surface area contributed by atoms with Crippen LogP contribution in [0.15, 0.2) is 83.7 Å². The first-order valence-electron chi connectivity index (χ1n) is 13.2. The topological polar surface area (TPSA) is 117 Å². The Hall–Kier alpha value is -5.09. The van der Waals surface area contributed by atoms with Crippen LogP contribution in [0.1, 0.15) is 38.2 Å². The highest BCUT2D eigenvalue weighted by atomic mass is 32.1. The third-order valence-electron chi connectivity index (χ3n) is 6.49. The largest absolute Gasteiger partial charge is 0.462 e. The van der Waals surface area contributed by atoms with E-state index in [0.29, 0.717) is 21.6 Å². The third kappa shape index (κ3) is 5.70. The second-order valence-corrected chi connectivity index (χ2v) is 10.6. The van der Waals surface area contributed by atoms with Gasteiger partial charge in [0.2, 0.25) is 0 Å². The molecule has 0 spiro atoms. The number of anilines is 1. The summed E-state index contributed by atoms with van der Waals surface area (Å²) in [5.74, 6) is -2.09. The van der Waals surface area contributed by atoms with Crippen molar-refractivity contribution in [2.24, 2.45) is 0 Å². The maximum absolute atomic E-state index is 13.2. The number of carbonyl (C=O) groups excluding carboxylic acids is 3. The van der Waals surface area contributed by atoms with Gasteiger partial charge >= 0.3 is 11.9 Å². The second-order valence-electron chi connectivity index (χ2n) is 9.39. The van der Waals surface area contributed by atoms with Gasteiger partial charge in [-0.1, -0.05) is 66.2 Å². The highest BCUT2D eigenvalue weighted by Crippen LogP contribution is 2.40. The number of hydrogen-bond acceptors (Lipinski definition) is 8. The Balaban J connectivity index is 1.41. The van der Waals surface area contributed by atoms with Gasteiger partial charge in [0, 0.05) is 15.8 Å². The molecule has 0 radical (unpaired) electrons. The number of fused-ring (bicyclic) bond motifs is 1. The van der Waals surface area contributed by atoms with Crippen LogP contribution < -0.4 is 10.9 Å². The number of rotatable bonds is 8. The molecule has 1 N–H and O–H groups in total. The summed E-state index contributed by atoms with van der Waals surface area (Å²) in [6, 6.07) is 23.0. The molecule has 0 aliphatic rings. The Morgan fingerprint density at radius 1 is 0.857 bits per heavy atom. The lowest BCUT2D eigenvalue weighted by molar-refractivity contribution is -0.119. The van der Waals surface area contributed by atoms with E-state index in [-0.39, 0.29) is 23.3 Å². The quantitative estimate of drug-likeness (QED) is 0.234. The van der Waals surface area contributed by atoms with E-state index in [0.717, 1.165) is 20.7 Å². The zero-order valence-electron chi connectivity index (χ0n) is 23.2. The van der Waals surface area contributed by atoms with Crippen molar-refractivity contribution in [3.8, 4) is 16.8 Å². The molecule has 2 aromatic heterocycles. The van der Waals surface area contributed by atoms with E-state index in [9.17, 15) is 19.2 Å². The normalized spacial score (nSPS) is 10.8. The number of aryl methyl sites for hydroxylation is 2. The summed E-state index contributed by atoms with van der Waals surface area (Å²) in [6.45, 7) is 5.06. The molecular formula is C32H27N3O6S. The molecule has 42 heavy (non-hydrogen) atoms. The van der Waals surface area contributed by atoms with Gasteiger partial charge in [0.05, 0.1) is 17.7 Å². The number of nitrogens with zero attached hydrogens (tertiary/aromatic N) is 2. The molecule has 5 rings (SSSR count). The zero-order valence-corrected chi connectivity index (χ0v) is 24.0. The molecule has 0 fully saturated rings. The molecule has 0 saturated heterocycles. The molecule has 2 heterocycles. The molecule has 0 saturated carbocycles. The highest BCUT2D eigenvalue weighted by molar-refractivity contribution is 7.17. The number of thiophene rings is 1. The number of benzene rings is 3. The van der Waals surface area contributed by atoms with Gasteiger partial charge in [-0.05, 0) is 44.5 Å². The Bertz CT molecular complexity index is 1860. The minimum absolute atomic E-state index is 0.109. The van der Waals surface area contributed by atoms with Crippen LogP contribution in [0, 0.1) is 13.8 Å². The smallest absolute Gasteiger partial charge is 0.359 e. The van der Waals surface area contributed by atoms with Gasteiger partial charge in [0.1, 0.15) is 10.6 Å². The number of hydrogen-bond donors (Lipinski definition) is 1. The minimum atomic E-state index is -0.876. The van der Waals surface area contributed by atoms with Gasteiger partial charge in [-0.2, -0.15) is 9.78 Å². The molecule has 0 unspecified atom stereocenters. The SMILES string of the molecule is CCOC(=O)c1c(NC(=O)COC(=O)c2nn(-c3ccccc3)c(=O)c3ccccc23)sc(C)c1-c1ccc(C)cc1. The van der Waals surface area contributed by atoms with Gasteiger partial charge in [-0.25, -0.2) is 9.59 Å². The van der Waals surface area contributed by atoms with Crippen LogP contribution in [-0.2, 0) is 14.3 Å². The summed E-state index contributed by atoms with van der Waals surface area (Å²) >= 11 is 1.23. The number of para-hydroxylation sites is 1. The third-order valence-corrected chi connectivity index (χ3v) is 7.51. The molecule has 5 aromatic rings. The summed E-state index contributed by atoms with van der Waals surface area (Å²) in [7, 11) is 0. The number of esters is 2. The van der Waals surface area contributed by atoms with Crippen LogP contribution in [0.25, 0.3) is 27.6 Å². The lowest BCUT2D eigenvalue weighted by atomic mass is 10.0. The summed E-state index contributed by atoms with van der Waals surface area (Å²) in [6.07, 6.45) is 0. The van der Waals surface area contributed by atoms with Gasteiger partial charge in [-0.3, -0.25) is 9.59 Å². The summed E-state index contributed by atoms with van der Waals surface area (Å²) in [4.78, 5) is 53.1. The molecule has 0 bridgehead atoms. The molecule has 0 aliphatic heterocycles. The van der Waals surface area contributed by atoms with E-state index in [1.165, 1.54) is 11.3 Å². The number of aromatic nitrogens is 2. The minimum Gasteiger partial charge on any atom is -0.462 e. The van der Waals surface area contributed by atoms with Crippen molar-refractivity contribution >= 4 is 45.0 Å². The molecule has 10 heteroatoms.